The number of dihydropyridines is 1. The van der Waals surface area contributed by atoms with Gasteiger partial charge >= 0.3 is 0 Å². The van der Waals surface area contributed by atoms with Crippen molar-refractivity contribution in [1.82, 2.24) is 10.2 Å². The SMILES string of the molecule is CCN(CC)C(=O)CSC1=C(C#N)[C@H](c2cccs2)C(C(=O)Nc2ccccc2OC)=C(C)N1. The van der Waals surface area contributed by atoms with Gasteiger partial charge in [-0.05, 0) is 44.4 Å². The van der Waals surface area contributed by atoms with Crippen molar-refractivity contribution in [3.63, 3.8) is 0 Å². The first-order chi connectivity index (χ1) is 16.4. The van der Waals surface area contributed by atoms with Gasteiger partial charge in [-0.15, -0.1) is 11.3 Å². The molecule has 1 aromatic carbocycles. The van der Waals surface area contributed by atoms with Gasteiger partial charge in [0.1, 0.15) is 5.75 Å². The average molecular weight is 497 g/mol. The topological polar surface area (TPSA) is 94.5 Å². The second-order valence-electron chi connectivity index (χ2n) is 7.48. The lowest BCUT2D eigenvalue weighted by Gasteiger charge is -2.29. The lowest BCUT2D eigenvalue weighted by molar-refractivity contribution is -0.128. The Labute approximate surface area is 208 Å². The Morgan fingerprint density at radius 3 is 2.59 bits per heavy atom. The van der Waals surface area contributed by atoms with Gasteiger partial charge in [0.15, 0.2) is 0 Å². The summed E-state index contributed by atoms with van der Waals surface area (Å²) in [5.41, 5.74) is 2.08. The van der Waals surface area contributed by atoms with E-state index in [9.17, 15) is 14.9 Å². The van der Waals surface area contributed by atoms with Crippen molar-refractivity contribution in [2.45, 2.75) is 26.7 Å². The molecule has 7 nitrogen and oxygen atoms in total. The molecule has 2 amide bonds. The van der Waals surface area contributed by atoms with Crippen molar-refractivity contribution in [2.75, 3.05) is 31.3 Å². The van der Waals surface area contributed by atoms with E-state index in [-0.39, 0.29) is 17.6 Å². The lowest BCUT2D eigenvalue weighted by Crippen LogP contribution is -2.33. The number of methoxy groups -OCH3 is 1. The zero-order valence-corrected chi connectivity index (χ0v) is 21.3. The maximum Gasteiger partial charge on any atom is 0.254 e. The van der Waals surface area contributed by atoms with Crippen molar-refractivity contribution < 1.29 is 14.3 Å². The second kappa shape index (κ2) is 11.8. The van der Waals surface area contributed by atoms with Crippen molar-refractivity contribution in [3.05, 3.63) is 68.5 Å². The smallest absolute Gasteiger partial charge is 0.254 e. The van der Waals surface area contributed by atoms with Gasteiger partial charge in [0.2, 0.25) is 5.91 Å². The molecule has 1 atom stereocenters. The third-order valence-corrected chi connectivity index (χ3v) is 7.47. The molecule has 0 unspecified atom stereocenters. The molecule has 1 aromatic heterocycles. The quantitative estimate of drug-likeness (QED) is 0.523. The van der Waals surface area contributed by atoms with E-state index >= 15 is 0 Å². The van der Waals surface area contributed by atoms with Crippen LogP contribution < -0.4 is 15.4 Å². The first-order valence-electron chi connectivity index (χ1n) is 10.9. The summed E-state index contributed by atoms with van der Waals surface area (Å²) >= 11 is 2.79. The van der Waals surface area contributed by atoms with Crippen LogP contribution in [0.1, 0.15) is 31.6 Å². The standard InChI is InChI=1S/C25H28N4O3S2/c1-5-29(6-2)21(30)15-34-25-17(14-26)23(20-12-9-13-33-20)22(16(3)27-25)24(31)28-18-10-7-8-11-19(18)32-4/h7-13,23,27H,5-6,15H2,1-4H3,(H,28,31)/t23-/m1/s1. The molecule has 9 heteroatoms. The van der Waals surface area contributed by atoms with E-state index < -0.39 is 5.92 Å². The highest BCUT2D eigenvalue weighted by molar-refractivity contribution is 8.03. The number of carbonyl (C=O) groups is 2. The highest BCUT2D eigenvalue weighted by Gasteiger charge is 2.35. The van der Waals surface area contributed by atoms with Gasteiger partial charge in [-0.2, -0.15) is 5.26 Å². The number of nitriles is 1. The minimum Gasteiger partial charge on any atom is -0.495 e. The molecule has 0 aliphatic carbocycles. The van der Waals surface area contributed by atoms with E-state index in [1.807, 2.05) is 50.4 Å². The summed E-state index contributed by atoms with van der Waals surface area (Å²) in [6.45, 7) is 6.97. The summed E-state index contributed by atoms with van der Waals surface area (Å²) in [6, 6.07) is 13.3. The number of para-hydroxylation sites is 2. The summed E-state index contributed by atoms with van der Waals surface area (Å²) in [6.07, 6.45) is 0. The maximum absolute atomic E-state index is 13.5. The number of amides is 2. The molecule has 1 aliphatic heterocycles. The maximum atomic E-state index is 13.5. The van der Waals surface area contributed by atoms with Gasteiger partial charge in [-0.1, -0.05) is 30.0 Å². The number of ether oxygens (including phenoxy) is 1. The third kappa shape index (κ3) is 5.46. The summed E-state index contributed by atoms with van der Waals surface area (Å²) < 4.78 is 5.37. The van der Waals surface area contributed by atoms with Crippen LogP contribution in [0.25, 0.3) is 0 Å². The summed E-state index contributed by atoms with van der Waals surface area (Å²) in [5, 5.41) is 18.8. The number of carbonyl (C=O) groups excluding carboxylic acids is 2. The van der Waals surface area contributed by atoms with E-state index in [1.54, 1.807) is 24.1 Å². The Morgan fingerprint density at radius 2 is 1.97 bits per heavy atom. The van der Waals surface area contributed by atoms with Crippen LogP contribution in [0.2, 0.25) is 0 Å². The third-order valence-electron chi connectivity index (χ3n) is 5.53. The molecule has 3 rings (SSSR count). The molecule has 2 N–H and O–H groups in total. The number of hydrogen-bond donors (Lipinski definition) is 2. The first kappa shape index (κ1) is 25.4. The fourth-order valence-electron chi connectivity index (χ4n) is 3.81. The fourth-order valence-corrected chi connectivity index (χ4v) is 5.64. The number of thiophene rings is 1. The minimum absolute atomic E-state index is 0.00982. The monoisotopic (exact) mass is 496 g/mol. The Kier molecular flexibility index (Phi) is 8.79. The molecule has 1 aliphatic rings. The van der Waals surface area contributed by atoms with Gasteiger partial charge < -0.3 is 20.3 Å². The van der Waals surface area contributed by atoms with Crippen molar-refractivity contribution in [2.24, 2.45) is 0 Å². The number of nitrogens with zero attached hydrogens (tertiary/aromatic N) is 2. The van der Waals surface area contributed by atoms with Crippen LogP contribution in [-0.4, -0.2) is 42.7 Å². The summed E-state index contributed by atoms with van der Waals surface area (Å²) in [5.74, 6) is -0.0816. The molecule has 0 bridgehead atoms. The molecular weight excluding hydrogens is 468 g/mol. The van der Waals surface area contributed by atoms with Gasteiger partial charge in [0.25, 0.3) is 5.91 Å². The summed E-state index contributed by atoms with van der Waals surface area (Å²) in [4.78, 5) is 28.7. The number of anilines is 1. The molecule has 2 heterocycles. The first-order valence-corrected chi connectivity index (χ1v) is 12.8. The van der Waals surface area contributed by atoms with Crippen LogP contribution in [-0.2, 0) is 9.59 Å². The van der Waals surface area contributed by atoms with E-state index in [1.165, 1.54) is 23.1 Å². The van der Waals surface area contributed by atoms with Crippen molar-refractivity contribution >= 4 is 40.6 Å². The highest BCUT2D eigenvalue weighted by atomic mass is 32.2. The Bertz CT molecular complexity index is 1150. The normalized spacial score (nSPS) is 15.4. The predicted molar refractivity (Wildman–Crippen MR) is 138 cm³/mol. The average Bonchev–Trinajstić information content (AvgIpc) is 3.38. The number of nitrogens with one attached hydrogen (secondary N) is 2. The van der Waals surface area contributed by atoms with Crippen molar-refractivity contribution in [3.8, 4) is 11.8 Å². The molecule has 34 heavy (non-hydrogen) atoms. The summed E-state index contributed by atoms with van der Waals surface area (Å²) in [7, 11) is 1.55. The number of thioether (sulfide) groups is 1. The second-order valence-corrected chi connectivity index (χ2v) is 9.44. The predicted octanol–water partition coefficient (Wildman–Crippen LogP) is 4.69. The van der Waals surface area contributed by atoms with Crippen LogP contribution in [0.5, 0.6) is 5.75 Å². The molecule has 0 spiro atoms. The van der Waals surface area contributed by atoms with Gasteiger partial charge in [0.05, 0.1) is 41.1 Å². The lowest BCUT2D eigenvalue weighted by atomic mass is 9.86. The molecule has 0 saturated heterocycles. The van der Waals surface area contributed by atoms with Gasteiger partial charge in [-0.3, -0.25) is 9.59 Å². The van der Waals surface area contributed by atoms with Crippen LogP contribution in [0, 0.1) is 11.3 Å². The zero-order valence-electron chi connectivity index (χ0n) is 19.7. The Morgan fingerprint density at radius 1 is 1.24 bits per heavy atom. The van der Waals surface area contributed by atoms with Crippen molar-refractivity contribution in [1.29, 1.82) is 5.26 Å². The number of benzene rings is 1. The minimum atomic E-state index is -0.535. The fraction of sp³-hybridized carbons (Fsp3) is 0.320. The zero-order chi connectivity index (χ0) is 24.7. The highest BCUT2D eigenvalue weighted by Crippen LogP contribution is 2.42. The van der Waals surface area contributed by atoms with Gasteiger partial charge in [-0.25, -0.2) is 0 Å². The molecule has 0 fully saturated rings. The number of rotatable bonds is 9. The van der Waals surface area contributed by atoms with Gasteiger partial charge in [0, 0.05) is 29.2 Å². The van der Waals surface area contributed by atoms with Crippen LogP contribution in [0.4, 0.5) is 5.69 Å². The van der Waals surface area contributed by atoms with Crippen LogP contribution in [0.3, 0.4) is 0 Å². The largest absolute Gasteiger partial charge is 0.495 e. The Balaban J connectivity index is 1.95. The van der Waals surface area contributed by atoms with E-state index in [0.29, 0.717) is 46.4 Å². The molecule has 0 saturated carbocycles. The van der Waals surface area contributed by atoms with E-state index in [0.717, 1.165) is 4.88 Å². The Hall–Kier alpha value is -3.22. The number of allylic oxidation sites excluding steroid dienone is 2. The molecule has 0 radical (unpaired) electrons. The molecule has 2 aromatic rings. The molecule has 178 valence electrons. The van der Waals surface area contributed by atoms with E-state index in [4.69, 9.17) is 4.74 Å². The van der Waals surface area contributed by atoms with E-state index in [2.05, 4.69) is 16.7 Å². The molecular formula is C25H28N4O3S2. The van der Waals surface area contributed by atoms with Crippen LogP contribution >= 0.6 is 23.1 Å². The van der Waals surface area contributed by atoms with Crippen LogP contribution in [0.15, 0.2) is 63.7 Å². The number of hydrogen-bond acceptors (Lipinski definition) is 7.